The Kier molecular flexibility index (Phi) is 5.20. The van der Waals surface area contributed by atoms with Crippen LogP contribution in [0.15, 0.2) is 36.7 Å². The van der Waals surface area contributed by atoms with Crippen LogP contribution in [-0.4, -0.2) is 52.7 Å². The lowest BCUT2D eigenvalue weighted by Crippen LogP contribution is -2.40. The van der Waals surface area contributed by atoms with Crippen LogP contribution in [0.1, 0.15) is 26.2 Å². The van der Waals surface area contributed by atoms with Crippen molar-refractivity contribution in [3.05, 3.63) is 36.7 Å². The summed E-state index contributed by atoms with van der Waals surface area (Å²) in [5, 5.41) is 13.0. The summed E-state index contributed by atoms with van der Waals surface area (Å²) in [7, 11) is 1.67. The number of fused-ring (bicyclic) bond motifs is 1. The molecular formula is C20H25N5O2. The quantitative estimate of drug-likeness (QED) is 0.667. The van der Waals surface area contributed by atoms with Gasteiger partial charge in [-0.2, -0.15) is 9.61 Å². The molecule has 1 aromatic carbocycles. The highest BCUT2D eigenvalue weighted by molar-refractivity contribution is 5.74. The third-order valence-electron chi connectivity index (χ3n) is 4.91. The van der Waals surface area contributed by atoms with E-state index in [1.807, 2.05) is 24.3 Å². The number of aromatic nitrogens is 4. The molecule has 142 valence electrons. The van der Waals surface area contributed by atoms with E-state index < -0.39 is 0 Å². The fourth-order valence-electron chi connectivity index (χ4n) is 3.52. The monoisotopic (exact) mass is 367 g/mol. The Morgan fingerprint density at radius 2 is 2.07 bits per heavy atom. The molecule has 1 aliphatic heterocycles. The van der Waals surface area contributed by atoms with E-state index in [-0.39, 0.29) is 6.10 Å². The third-order valence-corrected chi connectivity index (χ3v) is 4.91. The first kappa shape index (κ1) is 17.7. The summed E-state index contributed by atoms with van der Waals surface area (Å²) in [6.07, 6.45) is 5.17. The summed E-state index contributed by atoms with van der Waals surface area (Å²) in [4.78, 5) is 2.35. The van der Waals surface area contributed by atoms with Gasteiger partial charge in [0.25, 0.3) is 0 Å². The second-order valence-electron chi connectivity index (χ2n) is 6.82. The minimum Gasteiger partial charge on any atom is -0.497 e. The first-order valence-corrected chi connectivity index (χ1v) is 9.50. The molecule has 3 heterocycles. The molecule has 1 saturated heterocycles. The summed E-state index contributed by atoms with van der Waals surface area (Å²) in [6.45, 7) is 4.81. The number of piperidine rings is 1. The van der Waals surface area contributed by atoms with E-state index in [9.17, 15) is 0 Å². The Balaban J connectivity index is 1.68. The first-order chi connectivity index (χ1) is 13.3. The van der Waals surface area contributed by atoms with E-state index in [1.54, 1.807) is 18.0 Å². The molecule has 0 radical (unpaired) electrons. The Bertz CT molecular complexity index is 893. The molecule has 0 N–H and O–H groups in total. The lowest BCUT2D eigenvalue weighted by Gasteiger charge is -2.34. The number of ether oxygens (including phenoxy) is 2. The van der Waals surface area contributed by atoms with Crippen molar-refractivity contribution in [2.24, 2.45) is 0 Å². The summed E-state index contributed by atoms with van der Waals surface area (Å²) in [5.41, 5.74) is 3.75. The van der Waals surface area contributed by atoms with Crippen LogP contribution in [0, 0.1) is 0 Å². The van der Waals surface area contributed by atoms with E-state index in [1.165, 1.54) is 0 Å². The number of anilines is 1. The molecule has 1 aliphatic rings. The van der Waals surface area contributed by atoms with Crippen molar-refractivity contribution in [3.63, 3.8) is 0 Å². The van der Waals surface area contributed by atoms with Gasteiger partial charge in [0.15, 0.2) is 0 Å². The van der Waals surface area contributed by atoms with E-state index >= 15 is 0 Å². The first-order valence-electron chi connectivity index (χ1n) is 9.50. The van der Waals surface area contributed by atoms with Crippen LogP contribution in [0.4, 0.5) is 5.69 Å². The molecule has 4 rings (SSSR count). The van der Waals surface area contributed by atoms with Gasteiger partial charge < -0.3 is 14.4 Å². The van der Waals surface area contributed by atoms with Crippen molar-refractivity contribution in [2.45, 2.75) is 32.3 Å². The summed E-state index contributed by atoms with van der Waals surface area (Å²) in [5.74, 6) is 0.830. The minimum atomic E-state index is 0.263. The van der Waals surface area contributed by atoms with Crippen LogP contribution in [-0.2, 0) is 4.74 Å². The Labute approximate surface area is 158 Å². The standard InChI is InChI=1S/C20H25N5O2/c1-3-11-27-17-5-4-10-24(13-17)19-12-18(23-25-14-21-22-20(19)25)15-6-8-16(26-2)9-7-15/h6-9,12,14,17H,3-5,10-11,13H2,1-2H3. The maximum Gasteiger partial charge on any atom is 0.200 e. The van der Waals surface area contributed by atoms with E-state index in [0.717, 1.165) is 67.3 Å². The van der Waals surface area contributed by atoms with Gasteiger partial charge in [-0.25, -0.2) is 0 Å². The highest BCUT2D eigenvalue weighted by Crippen LogP contribution is 2.29. The molecular weight excluding hydrogens is 342 g/mol. The van der Waals surface area contributed by atoms with Crippen LogP contribution in [0.25, 0.3) is 16.9 Å². The van der Waals surface area contributed by atoms with Crippen molar-refractivity contribution in [1.29, 1.82) is 0 Å². The molecule has 7 heteroatoms. The fourth-order valence-corrected chi connectivity index (χ4v) is 3.52. The second-order valence-corrected chi connectivity index (χ2v) is 6.82. The van der Waals surface area contributed by atoms with Gasteiger partial charge in [0.2, 0.25) is 5.65 Å². The molecule has 0 spiro atoms. The molecule has 7 nitrogen and oxygen atoms in total. The molecule has 1 atom stereocenters. The zero-order chi connectivity index (χ0) is 18.6. The van der Waals surface area contributed by atoms with Gasteiger partial charge in [-0.15, -0.1) is 10.2 Å². The zero-order valence-electron chi connectivity index (χ0n) is 15.8. The SMILES string of the molecule is CCCOC1CCCN(c2cc(-c3ccc(OC)cc3)nn3cnnc23)C1. The summed E-state index contributed by atoms with van der Waals surface area (Å²) >= 11 is 0. The number of benzene rings is 1. The van der Waals surface area contributed by atoms with E-state index in [0.29, 0.717) is 0 Å². The Morgan fingerprint density at radius 3 is 2.85 bits per heavy atom. The van der Waals surface area contributed by atoms with Crippen LogP contribution in [0.3, 0.4) is 0 Å². The van der Waals surface area contributed by atoms with Gasteiger partial charge in [-0.3, -0.25) is 0 Å². The topological polar surface area (TPSA) is 64.8 Å². The minimum absolute atomic E-state index is 0.263. The fraction of sp³-hybridized carbons (Fsp3) is 0.450. The summed E-state index contributed by atoms with van der Waals surface area (Å²) < 4.78 is 13.0. The van der Waals surface area contributed by atoms with Crippen molar-refractivity contribution in [1.82, 2.24) is 19.8 Å². The largest absolute Gasteiger partial charge is 0.497 e. The van der Waals surface area contributed by atoms with Gasteiger partial charge >= 0.3 is 0 Å². The van der Waals surface area contributed by atoms with Gasteiger partial charge in [-0.05, 0) is 49.6 Å². The molecule has 1 unspecified atom stereocenters. The highest BCUT2D eigenvalue weighted by Gasteiger charge is 2.23. The van der Waals surface area contributed by atoms with Gasteiger partial charge in [-0.1, -0.05) is 6.92 Å². The zero-order valence-corrected chi connectivity index (χ0v) is 15.8. The van der Waals surface area contributed by atoms with Crippen LogP contribution in [0.5, 0.6) is 5.75 Å². The van der Waals surface area contributed by atoms with E-state index in [2.05, 4.69) is 33.2 Å². The maximum absolute atomic E-state index is 6.00. The van der Waals surface area contributed by atoms with E-state index in [4.69, 9.17) is 9.47 Å². The Morgan fingerprint density at radius 1 is 1.22 bits per heavy atom. The number of nitrogens with zero attached hydrogens (tertiary/aromatic N) is 5. The van der Waals surface area contributed by atoms with Crippen molar-refractivity contribution in [2.75, 3.05) is 31.7 Å². The molecule has 0 amide bonds. The van der Waals surface area contributed by atoms with Crippen molar-refractivity contribution < 1.29 is 9.47 Å². The maximum atomic E-state index is 6.00. The van der Waals surface area contributed by atoms with Gasteiger partial charge in [0, 0.05) is 25.3 Å². The predicted octanol–water partition coefficient (Wildman–Crippen LogP) is 3.20. The highest BCUT2D eigenvalue weighted by atomic mass is 16.5. The van der Waals surface area contributed by atoms with Crippen LogP contribution in [0.2, 0.25) is 0 Å². The molecule has 0 saturated carbocycles. The number of rotatable bonds is 6. The van der Waals surface area contributed by atoms with Gasteiger partial charge in [0.1, 0.15) is 12.1 Å². The Hall–Kier alpha value is -2.67. The number of methoxy groups -OCH3 is 1. The normalized spacial score (nSPS) is 17.4. The van der Waals surface area contributed by atoms with Crippen LogP contribution >= 0.6 is 0 Å². The average molecular weight is 367 g/mol. The molecule has 1 fully saturated rings. The van der Waals surface area contributed by atoms with Crippen molar-refractivity contribution >= 4 is 11.3 Å². The molecule has 3 aromatic rings. The summed E-state index contributed by atoms with van der Waals surface area (Å²) in [6, 6.07) is 10.0. The molecule has 27 heavy (non-hydrogen) atoms. The third kappa shape index (κ3) is 3.73. The smallest absolute Gasteiger partial charge is 0.200 e. The predicted molar refractivity (Wildman–Crippen MR) is 104 cm³/mol. The van der Waals surface area contributed by atoms with Crippen LogP contribution < -0.4 is 9.64 Å². The molecule has 0 bridgehead atoms. The average Bonchev–Trinajstić information content (AvgIpc) is 3.20. The second kappa shape index (κ2) is 7.92. The lowest BCUT2D eigenvalue weighted by atomic mass is 10.1. The lowest BCUT2D eigenvalue weighted by molar-refractivity contribution is 0.0441. The molecule has 2 aromatic heterocycles. The molecule has 0 aliphatic carbocycles. The van der Waals surface area contributed by atoms with Gasteiger partial charge in [0.05, 0.1) is 24.6 Å². The number of hydrogen-bond donors (Lipinski definition) is 0. The number of hydrogen-bond acceptors (Lipinski definition) is 6. The van der Waals surface area contributed by atoms with Crippen molar-refractivity contribution in [3.8, 4) is 17.0 Å².